The molecule has 2 heterocycles. The fourth-order valence-corrected chi connectivity index (χ4v) is 3.17. The van der Waals surface area contributed by atoms with Crippen LogP contribution < -0.4 is 4.90 Å². The van der Waals surface area contributed by atoms with Gasteiger partial charge in [-0.15, -0.1) is 0 Å². The molecular weight excluding hydrogens is 282 g/mol. The van der Waals surface area contributed by atoms with Crippen LogP contribution in [0.1, 0.15) is 5.56 Å². The third-order valence-corrected chi connectivity index (χ3v) is 4.37. The highest BCUT2D eigenvalue weighted by atomic mass is 16.4. The number of carbonyl (C=O) groups is 2. The Morgan fingerprint density at radius 1 is 0.955 bits per heavy atom. The molecule has 1 fully saturated rings. The second kappa shape index (κ2) is 6.46. The van der Waals surface area contributed by atoms with Crippen LogP contribution in [0, 0.1) is 0 Å². The van der Waals surface area contributed by atoms with Crippen LogP contribution >= 0.6 is 0 Å². The number of para-hydroxylation sites is 1. The van der Waals surface area contributed by atoms with Crippen LogP contribution in [0.5, 0.6) is 0 Å². The third-order valence-electron chi connectivity index (χ3n) is 4.37. The molecule has 2 aliphatic heterocycles. The van der Waals surface area contributed by atoms with E-state index in [9.17, 15) is 9.59 Å². The molecule has 1 N–H and O–H groups in total. The number of carbonyl (C=O) groups excluding carboxylic acids is 1. The van der Waals surface area contributed by atoms with Gasteiger partial charge in [0, 0.05) is 38.4 Å². The summed E-state index contributed by atoms with van der Waals surface area (Å²) in [6.45, 7) is 4.16. The van der Waals surface area contributed by atoms with E-state index in [2.05, 4.69) is 11.0 Å². The Labute approximate surface area is 129 Å². The van der Waals surface area contributed by atoms with Gasteiger partial charge in [0.05, 0.1) is 13.1 Å². The number of carboxylic acids is 1. The molecule has 1 aromatic rings. The van der Waals surface area contributed by atoms with Gasteiger partial charge < -0.3 is 10.0 Å². The highest BCUT2D eigenvalue weighted by Gasteiger charge is 2.27. The minimum Gasteiger partial charge on any atom is -0.480 e. The summed E-state index contributed by atoms with van der Waals surface area (Å²) in [6.07, 6.45) is 0.925. The zero-order valence-electron chi connectivity index (χ0n) is 12.6. The molecule has 6 heteroatoms. The van der Waals surface area contributed by atoms with Crippen molar-refractivity contribution in [2.24, 2.45) is 0 Å². The number of anilines is 1. The van der Waals surface area contributed by atoms with Crippen molar-refractivity contribution in [3.63, 3.8) is 0 Å². The number of amides is 1. The van der Waals surface area contributed by atoms with E-state index in [1.54, 1.807) is 0 Å². The van der Waals surface area contributed by atoms with Gasteiger partial charge in [0.1, 0.15) is 0 Å². The summed E-state index contributed by atoms with van der Waals surface area (Å²) in [5, 5.41) is 8.80. The molecule has 0 atom stereocenters. The molecule has 118 valence electrons. The molecule has 3 rings (SSSR count). The largest absolute Gasteiger partial charge is 0.480 e. The van der Waals surface area contributed by atoms with E-state index in [0.717, 1.165) is 31.7 Å². The molecule has 0 aliphatic carbocycles. The van der Waals surface area contributed by atoms with E-state index < -0.39 is 5.97 Å². The minimum atomic E-state index is -0.793. The molecular formula is C16H21N3O3. The first-order chi connectivity index (χ1) is 10.6. The number of fused-ring (bicyclic) bond motifs is 1. The number of hydrogen-bond donors (Lipinski definition) is 1. The van der Waals surface area contributed by atoms with Crippen molar-refractivity contribution in [2.75, 3.05) is 50.7 Å². The molecule has 1 amide bonds. The number of nitrogens with zero attached hydrogens (tertiary/aromatic N) is 3. The summed E-state index contributed by atoms with van der Waals surface area (Å²) in [6, 6.07) is 8.06. The Morgan fingerprint density at radius 2 is 1.59 bits per heavy atom. The van der Waals surface area contributed by atoms with Crippen LogP contribution in [0.4, 0.5) is 5.69 Å². The van der Waals surface area contributed by atoms with Crippen molar-refractivity contribution < 1.29 is 14.7 Å². The Balaban J connectivity index is 1.53. The summed E-state index contributed by atoms with van der Waals surface area (Å²) in [7, 11) is 0. The van der Waals surface area contributed by atoms with Gasteiger partial charge >= 0.3 is 5.97 Å². The zero-order valence-corrected chi connectivity index (χ0v) is 12.6. The highest BCUT2D eigenvalue weighted by molar-refractivity contribution is 5.96. The van der Waals surface area contributed by atoms with Gasteiger partial charge in [-0.1, -0.05) is 18.2 Å². The van der Waals surface area contributed by atoms with E-state index >= 15 is 0 Å². The predicted molar refractivity (Wildman–Crippen MR) is 83.0 cm³/mol. The van der Waals surface area contributed by atoms with Crippen LogP contribution in [0.25, 0.3) is 0 Å². The molecule has 0 unspecified atom stereocenters. The van der Waals surface area contributed by atoms with E-state index in [1.807, 2.05) is 28.0 Å². The molecule has 2 aliphatic rings. The second-order valence-electron chi connectivity index (χ2n) is 5.87. The van der Waals surface area contributed by atoms with Gasteiger partial charge in [-0.05, 0) is 18.1 Å². The number of benzene rings is 1. The first kappa shape index (κ1) is 15.0. The monoisotopic (exact) mass is 303 g/mol. The van der Waals surface area contributed by atoms with Crippen molar-refractivity contribution >= 4 is 17.6 Å². The van der Waals surface area contributed by atoms with Crippen molar-refractivity contribution in [3.8, 4) is 0 Å². The first-order valence-electron chi connectivity index (χ1n) is 7.68. The zero-order chi connectivity index (χ0) is 15.5. The van der Waals surface area contributed by atoms with Crippen LogP contribution in [-0.4, -0.2) is 72.6 Å². The topological polar surface area (TPSA) is 64.1 Å². The van der Waals surface area contributed by atoms with Crippen LogP contribution in [-0.2, 0) is 16.0 Å². The molecule has 1 aromatic carbocycles. The summed E-state index contributed by atoms with van der Waals surface area (Å²) < 4.78 is 0. The average Bonchev–Trinajstić information content (AvgIpc) is 2.93. The lowest BCUT2D eigenvalue weighted by Crippen LogP contribution is -2.50. The summed E-state index contributed by atoms with van der Waals surface area (Å²) in [5.41, 5.74) is 2.28. The van der Waals surface area contributed by atoms with Crippen LogP contribution in [0.15, 0.2) is 24.3 Å². The molecule has 0 spiro atoms. The maximum atomic E-state index is 12.5. The Bertz CT molecular complexity index is 568. The molecule has 0 radical (unpaired) electrons. The maximum absolute atomic E-state index is 12.5. The van der Waals surface area contributed by atoms with Crippen molar-refractivity contribution in [3.05, 3.63) is 29.8 Å². The van der Waals surface area contributed by atoms with Crippen molar-refractivity contribution in [1.82, 2.24) is 9.80 Å². The van der Waals surface area contributed by atoms with Gasteiger partial charge in [0.2, 0.25) is 5.91 Å². The van der Waals surface area contributed by atoms with E-state index in [0.29, 0.717) is 19.6 Å². The minimum absolute atomic E-state index is 0.0846. The Morgan fingerprint density at radius 3 is 2.27 bits per heavy atom. The summed E-state index contributed by atoms with van der Waals surface area (Å²) in [5.74, 6) is -0.658. The fourth-order valence-electron chi connectivity index (χ4n) is 3.17. The maximum Gasteiger partial charge on any atom is 0.317 e. The quantitative estimate of drug-likeness (QED) is 0.865. The lowest BCUT2D eigenvalue weighted by atomic mass is 10.2. The van der Waals surface area contributed by atoms with Gasteiger partial charge in [0.15, 0.2) is 0 Å². The molecule has 6 nitrogen and oxygen atoms in total. The molecule has 1 saturated heterocycles. The standard InChI is InChI=1S/C16H21N3O3/c20-15(19-6-5-13-3-1-2-4-14(13)19)11-17-7-9-18(10-8-17)12-16(21)22/h1-4H,5-12H2,(H,21,22). The number of hydrogen-bond acceptors (Lipinski definition) is 4. The Kier molecular flexibility index (Phi) is 4.40. The van der Waals surface area contributed by atoms with E-state index in [1.165, 1.54) is 5.56 Å². The number of carboxylic acid groups (broad SMARTS) is 1. The molecule has 22 heavy (non-hydrogen) atoms. The smallest absolute Gasteiger partial charge is 0.317 e. The molecule has 0 saturated carbocycles. The van der Waals surface area contributed by atoms with Gasteiger partial charge in [-0.3, -0.25) is 19.4 Å². The number of rotatable bonds is 4. The van der Waals surface area contributed by atoms with Gasteiger partial charge in [-0.25, -0.2) is 0 Å². The molecule has 0 aromatic heterocycles. The lowest BCUT2D eigenvalue weighted by molar-refractivity contribution is -0.139. The fraction of sp³-hybridized carbons (Fsp3) is 0.500. The summed E-state index contributed by atoms with van der Waals surface area (Å²) in [4.78, 5) is 29.1. The Hall–Kier alpha value is -1.92. The molecule has 0 bridgehead atoms. The first-order valence-corrected chi connectivity index (χ1v) is 7.68. The normalized spacial score (nSPS) is 19.2. The average molecular weight is 303 g/mol. The predicted octanol–water partition coefficient (Wildman–Crippen LogP) is 0.278. The number of aliphatic carboxylic acids is 1. The van der Waals surface area contributed by atoms with Crippen LogP contribution in [0.3, 0.4) is 0 Å². The van der Waals surface area contributed by atoms with Gasteiger partial charge in [0.25, 0.3) is 0 Å². The second-order valence-corrected chi connectivity index (χ2v) is 5.87. The van der Waals surface area contributed by atoms with E-state index in [4.69, 9.17) is 5.11 Å². The SMILES string of the molecule is O=C(O)CN1CCN(CC(=O)N2CCc3ccccc32)CC1. The third kappa shape index (κ3) is 3.28. The van der Waals surface area contributed by atoms with Crippen molar-refractivity contribution in [1.29, 1.82) is 0 Å². The van der Waals surface area contributed by atoms with Crippen LogP contribution in [0.2, 0.25) is 0 Å². The number of piperazine rings is 1. The lowest BCUT2D eigenvalue weighted by Gasteiger charge is -2.34. The van der Waals surface area contributed by atoms with Gasteiger partial charge in [-0.2, -0.15) is 0 Å². The van der Waals surface area contributed by atoms with E-state index in [-0.39, 0.29) is 12.5 Å². The summed E-state index contributed by atoms with van der Waals surface area (Å²) >= 11 is 0. The van der Waals surface area contributed by atoms with Crippen molar-refractivity contribution in [2.45, 2.75) is 6.42 Å². The highest BCUT2D eigenvalue weighted by Crippen LogP contribution is 2.27.